The number of halogens is 1. The van der Waals surface area contributed by atoms with Gasteiger partial charge in [0.25, 0.3) is 0 Å². The molecule has 0 bridgehead atoms. The molecule has 2 fully saturated rings. The molecule has 170 valence electrons. The Morgan fingerprint density at radius 1 is 1.16 bits per heavy atom. The van der Waals surface area contributed by atoms with Crippen LogP contribution in [0.2, 0.25) is 0 Å². The molecule has 2 aromatic rings. The number of hydrogen-bond acceptors (Lipinski definition) is 6. The van der Waals surface area contributed by atoms with Gasteiger partial charge in [0.05, 0.1) is 25.2 Å². The Hall–Kier alpha value is -3.43. The minimum absolute atomic E-state index is 0.000884. The van der Waals surface area contributed by atoms with Crippen LogP contribution in [0.25, 0.3) is 0 Å². The molecule has 1 aliphatic heterocycles. The SMILES string of the molecule is COc1cncc(OC2CCC(NC(=O)CN3CCN(c4ccccc4F)C3=O)CC2)n1. The molecule has 0 spiro atoms. The van der Waals surface area contributed by atoms with E-state index in [4.69, 9.17) is 9.47 Å². The fraction of sp³-hybridized carbons (Fsp3) is 0.455. The third-order valence-electron chi connectivity index (χ3n) is 5.70. The van der Waals surface area contributed by atoms with Gasteiger partial charge in [0, 0.05) is 19.1 Å². The Morgan fingerprint density at radius 2 is 1.91 bits per heavy atom. The van der Waals surface area contributed by atoms with Gasteiger partial charge in [-0.2, -0.15) is 4.98 Å². The van der Waals surface area contributed by atoms with Crippen LogP contribution in [0, 0.1) is 5.82 Å². The second kappa shape index (κ2) is 9.80. The Morgan fingerprint density at radius 3 is 2.66 bits per heavy atom. The molecular formula is C22H26FN5O4. The molecule has 9 nitrogen and oxygen atoms in total. The predicted molar refractivity (Wildman–Crippen MR) is 114 cm³/mol. The summed E-state index contributed by atoms with van der Waals surface area (Å²) in [6.45, 7) is 0.686. The van der Waals surface area contributed by atoms with E-state index in [0.717, 1.165) is 25.7 Å². The Balaban J connectivity index is 1.22. The number of aromatic nitrogens is 2. The normalized spacial score (nSPS) is 20.9. The predicted octanol–water partition coefficient (Wildman–Crippen LogP) is 2.37. The summed E-state index contributed by atoms with van der Waals surface area (Å²) in [5.74, 6) is 0.153. The number of carbonyl (C=O) groups excluding carboxylic acids is 2. The van der Waals surface area contributed by atoms with Gasteiger partial charge in [0.2, 0.25) is 17.7 Å². The first-order valence-electron chi connectivity index (χ1n) is 10.7. The number of amides is 3. The molecule has 1 aromatic carbocycles. The molecule has 1 aromatic heterocycles. The quantitative estimate of drug-likeness (QED) is 0.706. The number of nitrogens with zero attached hydrogens (tertiary/aromatic N) is 4. The number of benzene rings is 1. The van der Waals surface area contributed by atoms with E-state index in [0.29, 0.717) is 24.8 Å². The zero-order valence-electron chi connectivity index (χ0n) is 17.9. The summed E-state index contributed by atoms with van der Waals surface area (Å²) in [5.41, 5.74) is 0.236. The number of anilines is 1. The van der Waals surface area contributed by atoms with Gasteiger partial charge in [-0.3, -0.25) is 14.7 Å². The van der Waals surface area contributed by atoms with Gasteiger partial charge in [-0.1, -0.05) is 12.1 Å². The summed E-state index contributed by atoms with van der Waals surface area (Å²) < 4.78 is 24.9. The zero-order chi connectivity index (χ0) is 22.5. The lowest BCUT2D eigenvalue weighted by Gasteiger charge is -2.29. The minimum Gasteiger partial charge on any atom is -0.480 e. The second-order valence-electron chi connectivity index (χ2n) is 7.87. The number of methoxy groups -OCH3 is 1. The fourth-order valence-electron chi connectivity index (χ4n) is 4.05. The van der Waals surface area contributed by atoms with Crippen LogP contribution in [-0.2, 0) is 4.79 Å². The largest absolute Gasteiger partial charge is 0.480 e. The highest BCUT2D eigenvalue weighted by Gasteiger charge is 2.33. The Labute approximate surface area is 185 Å². The lowest BCUT2D eigenvalue weighted by atomic mass is 9.93. The van der Waals surface area contributed by atoms with Crippen molar-refractivity contribution in [3.05, 3.63) is 42.5 Å². The summed E-state index contributed by atoms with van der Waals surface area (Å²) >= 11 is 0. The number of nitrogens with one attached hydrogen (secondary N) is 1. The highest BCUT2D eigenvalue weighted by molar-refractivity contribution is 5.96. The first kappa shape index (κ1) is 21.8. The van der Waals surface area contributed by atoms with Crippen molar-refractivity contribution in [1.29, 1.82) is 0 Å². The van der Waals surface area contributed by atoms with E-state index >= 15 is 0 Å². The third-order valence-corrected chi connectivity index (χ3v) is 5.70. The monoisotopic (exact) mass is 443 g/mol. The zero-order valence-corrected chi connectivity index (χ0v) is 17.9. The minimum atomic E-state index is -0.453. The average molecular weight is 443 g/mol. The molecule has 0 atom stereocenters. The van der Waals surface area contributed by atoms with Gasteiger partial charge in [0.15, 0.2) is 0 Å². The Bertz CT molecular complexity index is 967. The topological polar surface area (TPSA) is 96.9 Å². The van der Waals surface area contributed by atoms with E-state index in [1.165, 1.54) is 29.2 Å². The summed E-state index contributed by atoms with van der Waals surface area (Å²) in [6.07, 6.45) is 6.14. The number of ether oxygens (including phenoxy) is 2. The van der Waals surface area contributed by atoms with Crippen molar-refractivity contribution in [1.82, 2.24) is 20.2 Å². The maximum absolute atomic E-state index is 14.0. The van der Waals surface area contributed by atoms with Crippen molar-refractivity contribution in [2.24, 2.45) is 0 Å². The molecule has 10 heteroatoms. The van der Waals surface area contributed by atoms with E-state index in [-0.39, 0.29) is 36.3 Å². The van der Waals surface area contributed by atoms with E-state index in [2.05, 4.69) is 15.3 Å². The Kier molecular flexibility index (Phi) is 6.67. The van der Waals surface area contributed by atoms with Gasteiger partial charge in [0.1, 0.15) is 18.5 Å². The van der Waals surface area contributed by atoms with Crippen LogP contribution in [0.4, 0.5) is 14.9 Å². The molecule has 1 N–H and O–H groups in total. The summed E-state index contributed by atoms with van der Waals surface area (Å²) in [7, 11) is 1.52. The van der Waals surface area contributed by atoms with Crippen molar-refractivity contribution in [3.63, 3.8) is 0 Å². The van der Waals surface area contributed by atoms with Crippen LogP contribution < -0.4 is 19.7 Å². The molecule has 3 amide bonds. The molecule has 1 saturated carbocycles. The van der Waals surface area contributed by atoms with Gasteiger partial charge in [-0.25, -0.2) is 9.18 Å². The van der Waals surface area contributed by atoms with Crippen molar-refractivity contribution in [2.75, 3.05) is 31.6 Å². The smallest absolute Gasteiger partial charge is 0.325 e. The lowest BCUT2D eigenvalue weighted by Crippen LogP contribution is -2.45. The molecule has 1 aliphatic carbocycles. The van der Waals surface area contributed by atoms with Crippen molar-refractivity contribution in [2.45, 2.75) is 37.8 Å². The van der Waals surface area contributed by atoms with Gasteiger partial charge >= 0.3 is 6.03 Å². The van der Waals surface area contributed by atoms with Crippen LogP contribution in [-0.4, -0.2) is 65.7 Å². The molecule has 2 aliphatic rings. The van der Waals surface area contributed by atoms with Crippen LogP contribution in [0.3, 0.4) is 0 Å². The average Bonchev–Trinajstić information content (AvgIpc) is 3.15. The summed E-state index contributed by atoms with van der Waals surface area (Å²) in [4.78, 5) is 36.2. The number of urea groups is 1. The van der Waals surface area contributed by atoms with Crippen molar-refractivity contribution < 1.29 is 23.5 Å². The lowest BCUT2D eigenvalue weighted by molar-refractivity contribution is -0.122. The van der Waals surface area contributed by atoms with E-state index < -0.39 is 5.82 Å². The van der Waals surface area contributed by atoms with E-state index in [9.17, 15) is 14.0 Å². The van der Waals surface area contributed by atoms with E-state index in [1.54, 1.807) is 24.4 Å². The maximum atomic E-state index is 14.0. The standard InChI is InChI=1S/C22H26FN5O4/c1-31-20-12-24-13-21(26-20)32-16-8-6-15(7-9-16)25-19(29)14-27-10-11-28(22(27)30)18-5-3-2-4-17(18)23/h2-5,12-13,15-16H,6-11,14H2,1H3,(H,25,29). The highest BCUT2D eigenvalue weighted by atomic mass is 19.1. The van der Waals surface area contributed by atoms with Crippen LogP contribution in [0.5, 0.6) is 11.8 Å². The van der Waals surface area contributed by atoms with Gasteiger partial charge in [-0.05, 0) is 37.8 Å². The van der Waals surface area contributed by atoms with Gasteiger partial charge in [-0.15, -0.1) is 0 Å². The first-order valence-corrected chi connectivity index (χ1v) is 10.7. The number of hydrogen-bond donors (Lipinski definition) is 1. The summed E-state index contributed by atoms with van der Waals surface area (Å²) in [5, 5.41) is 3.01. The molecule has 2 heterocycles. The highest BCUT2D eigenvalue weighted by Crippen LogP contribution is 2.25. The molecule has 0 unspecified atom stereocenters. The molecule has 32 heavy (non-hydrogen) atoms. The number of para-hydroxylation sites is 1. The van der Waals surface area contributed by atoms with Gasteiger partial charge < -0.3 is 19.7 Å². The van der Waals surface area contributed by atoms with Crippen LogP contribution >= 0.6 is 0 Å². The maximum Gasteiger partial charge on any atom is 0.325 e. The van der Waals surface area contributed by atoms with E-state index in [1.807, 2.05) is 0 Å². The summed E-state index contributed by atoms with van der Waals surface area (Å²) in [6, 6.07) is 5.81. The number of carbonyl (C=O) groups is 2. The van der Waals surface area contributed by atoms with Crippen LogP contribution in [0.15, 0.2) is 36.7 Å². The first-order chi connectivity index (χ1) is 15.5. The number of rotatable bonds is 7. The molecule has 0 radical (unpaired) electrons. The third kappa shape index (κ3) is 5.06. The van der Waals surface area contributed by atoms with Crippen LogP contribution in [0.1, 0.15) is 25.7 Å². The second-order valence-corrected chi connectivity index (χ2v) is 7.87. The molecular weight excluding hydrogens is 417 g/mol. The fourth-order valence-corrected chi connectivity index (χ4v) is 4.05. The molecule has 4 rings (SSSR count). The van der Waals surface area contributed by atoms with Crippen molar-refractivity contribution >= 4 is 17.6 Å². The molecule has 1 saturated heterocycles. The van der Waals surface area contributed by atoms with Crippen molar-refractivity contribution in [3.8, 4) is 11.8 Å².